The van der Waals surface area contributed by atoms with Crippen LogP contribution in [0.5, 0.6) is 0 Å². The van der Waals surface area contributed by atoms with Crippen molar-refractivity contribution in [2.75, 3.05) is 11.9 Å². The molecule has 0 aliphatic carbocycles. The molecule has 0 saturated heterocycles. The van der Waals surface area contributed by atoms with E-state index in [1.54, 1.807) is 0 Å². The molecule has 2 N–H and O–H groups in total. The Hall–Kier alpha value is -1.46. The molecule has 0 unspecified atom stereocenters. The highest BCUT2D eigenvalue weighted by Gasteiger charge is 2.03. The molecule has 0 aliphatic heterocycles. The van der Waals surface area contributed by atoms with Crippen LogP contribution in [0, 0.1) is 6.92 Å². The number of aromatic nitrogens is 1. The van der Waals surface area contributed by atoms with E-state index in [-0.39, 0.29) is 0 Å². The van der Waals surface area contributed by atoms with Crippen LogP contribution in [-0.4, -0.2) is 16.6 Å². The minimum Gasteiger partial charge on any atom is -0.362 e. The first kappa shape index (κ1) is 15.9. The molecule has 0 radical (unpaired) electrons. The number of nitrogens with zero attached hydrogens (tertiary/aromatic N) is 1. The number of pyridine rings is 1. The summed E-state index contributed by atoms with van der Waals surface area (Å²) in [4.78, 5) is 4.31. The SMILES string of the molecule is Cc1cnc(NC(=S)NCCCc2ccccc2)c(Br)c1. The van der Waals surface area contributed by atoms with Crippen molar-refractivity contribution in [2.24, 2.45) is 0 Å². The summed E-state index contributed by atoms with van der Waals surface area (Å²) in [7, 11) is 0. The highest BCUT2D eigenvalue weighted by Crippen LogP contribution is 2.20. The topological polar surface area (TPSA) is 37.0 Å². The van der Waals surface area contributed by atoms with Crippen molar-refractivity contribution < 1.29 is 0 Å². The van der Waals surface area contributed by atoms with Crippen molar-refractivity contribution >= 4 is 39.1 Å². The number of hydrogen-bond donors (Lipinski definition) is 2. The maximum atomic E-state index is 5.28. The molecule has 0 bridgehead atoms. The van der Waals surface area contributed by atoms with E-state index in [0.29, 0.717) is 5.11 Å². The highest BCUT2D eigenvalue weighted by molar-refractivity contribution is 9.10. The minimum absolute atomic E-state index is 0.597. The zero-order valence-electron chi connectivity index (χ0n) is 11.9. The van der Waals surface area contributed by atoms with Gasteiger partial charge in [-0.25, -0.2) is 4.98 Å². The van der Waals surface area contributed by atoms with Gasteiger partial charge in [-0.15, -0.1) is 0 Å². The Balaban J connectivity index is 1.72. The van der Waals surface area contributed by atoms with Crippen molar-refractivity contribution in [3.8, 4) is 0 Å². The lowest BCUT2D eigenvalue weighted by atomic mass is 10.1. The van der Waals surface area contributed by atoms with Crippen molar-refractivity contribution in [1.82, 2.24) is 10.3 Å². The average molecular weight is 364 g/mol. The Morgan fingerprint density at radius 1 is 1.29 bits per heavy atom. The monoisotopic (exact) mass is 363 g/mol. The van der Waals surface area contributed by atoms with Crippen LogP contribution in [0.1, 0.15) is 17.5 Å². The van der Waals surface area contributed by atoms with Crippen LogP contribution in [0.15, 0.2) is 47.1 Å². The first-order valence-corrected chi connectivity index (χ1v) is 8.06. The maximum Gasteiger partial charge on any atom is 0.171 e. The predicted molar refractivity (Wildman–Crippen MR) is 95.7 cm³/mol. The van der Waals surface area contributed by atoms with Gasteiger partial charge in [0.25, 0.3) is 0 Å². The van der Waals surface area contributed by atoms with E-state index >= 15 is 0 Å². The van der Waals surface area contributed by atoms with Gasteiger partial charge in [-0.05, 0) is 65.1 Å². The molecule has 2 rings (SSSR count). The number of rotatable bonds is 5. The fourth-order valence-corrected chi connectivity index (χ4v) is 2.68. The third-order valence-corrected chi connectivity index (χ3v) is 3.83. The van der Waals surface area contributed by atoms with Crippen molar-refractivity contribution in [3.05, 3.63) is 58.2 Å². The van der Waals surface area contributed by atoms with Crippen molar-refractivity contribution in [3.63, 3.8) is 0 Å². The van der Waals surface area contributed by atoms with Gasteiger partial charge in [0.05, 0.1) is 4.47 Å². The lowest BCUT2D eigenvalue weighted by Gasteiger charge is -2.11. The van der Waals surface area contributed by atoms with Crippen LogP contribution in [-0.2, 0) is 6.42 Å². The molecular weight excluding hydrogens is 346 g/mol. The van der Waals surface area contributed by atoms with E-state index in [2.05, 4.69) is 55.8 Å². The summed E-state index contributed by atoms with van der Waals surface area (Å²) in [5.74, 6) is 0.737. The molecule has 0 fully saturated rings. The standard InChI is InChI=1S/C16H18BrN3S/c1-12-10-14(17)15(19-11-12)20-16(21)18-9-5-8-13-6-3-2-4-7-13/h2-4,6-7,10-11H,5,8-9H2,1H3,(H2,18,19,20,21). The van der Waals surface area contributed by atoms with Crippen LogP contribution < -0.4 is 10.6 Å². The van der Waals surface area contributed by atoms with Crippen molar-refractivity contribution in [1.29, 1.82) is 0 Å². The predicted octanol–water partition coefficient (Wildman–Crippen LogP) is 4.07. The van der Waals surface area contributed by atoms with Gasteiger partial charge in [0.2, 0.25) is 0 Å². The largest absolute Gasteiger partial charge is 0.362 e. The summed E-state index contributed by atoms with van der Waals surface area (Å²) in [6, 6.07) is 12.5. The molecule has 0 aliphatic rings. The lowest BCUT2D eigenvalue weighted by Crippen LogP contribution is -2.30. The molecule has 0 saturated carbocycles. The van der Waals surface area contributed by atoms with Crippen LogP contribution in [0.25, 0.3) is 0 Å². The van der Waals surface area contributed by atoms with Gasteiger partial charge in [-0.2, -0.15) is 0 Å². The van der Waals surface area contributed by atoms with Gasteiger partial charge in [0, 0.05) is 12.7 Å². The second kappa shape index (κ2) is 8.10. The molecule has 0 atom stereocenters. The number of halogens is 1. The van der Waals surface area contributed by atoms with E-state index in [1.165, 1.54) is 5.56 Å². The number of aryl methyl sites for hydroxylation is 2. The zero-order chi connectivity index (χ0) is 15.1. The normalized spacial score (nSPS) is 10.2. The molecule has 1 aromatic carbocycles. The van der Waals surface area contributed by atoms with E-state index in [4.69, 9.17) is 12.2 Å². The molecule has 0 spiro atoms. The molecular formula is C16H18BrN3S. The smallest absolute Gasteiger partial charge is 0.171 e. The molecule has 110 valence electrons. The Morgan fingerprint density at radius 2 is 2.05 bits per heavy atom. The van der Waals surface area contributed by atoms with Gasteiger partial charge in [-0.1, -0.05) is 30.3 Å². The Morgan fingerprint density at radius 3 is 2.76 bits per heavy atom. The molecule has 2 aromatic rings. The average Bonchev–Trinajstić information content (AvgIpc) is 2.48. The highest BCUT2D eigenvalue weighted by atomic mass is 79.9. The molecule has 5 heteroatoms. The fourth-order valence-electron chi connectivity index (χ4n) is 1.92. The molecule has 1 heterocycles. The second-order valence-corrected chi connectivity index (χ2v) is 6.08. The number of thiocarbonyl (C=S) groups is 1. The Labute approximate surface area is 139 Å². The summed E-state index contributed by atoms with van der Waals surface area (Å²) in [6.45, 7) is 2.84. The first-order chi connectivity index (χ1) is 10.1. The Bertz CT molecular complexity index is 602. The lowest BCUT2D eigenvalue weighted by molar-refractivity contribution is 0.777. The summed E-state index contributed by atoms with van der Waals surface area (Å²) in [6.07, 6.45) is 3.89. The molecule has 1 aromatic heterocycles. The van der Waals surface area contributed by atoms with Gasteiger partial charge in [-0.3, -0.25) is 0 Å². The first-order valence-electron chi connectivity index (χ1n) is 6.86. The number of anilines is 1. The summed E-state index contributed by atoms with van der Waals surface area (Å²) < 4.78 is 0.913. The Kier molecular flexibility index (Phi) is 6.14. The fraction of sp³-hybridized carbons (Fsp3) is 0.250. The molecule has 3 nitrogen and oxygen atoms in total. The maximum absolute atomic E-state index is 5.28. The number of hydrogen-bond acceptors (Lipinski definition) is 2. The third-order valence-electron chi connectivity index (χ3n) is 2.98. The third kappa shape index (κ3) is 5.44. The van der Waals surface area contributed by atoms with Crippen LogP contribution in [0.3, 0.4) is 0 Å². The van der Waals surface area contributed by atoms with Crippen molar-refractivity contribution in [2.45, 2.75) is 19.8 Å². The summed E-state index contributed by atoms with van der Waals surface area (Å²) >= 11 is 8.75. The van der Waals surface area contributed by atoms with Crippen LogP contribution >= 0.6 is 28.1 Å². The van der Waals surface area contributed by atoms with Gasteiger partial charge in [0.15, 0.2) is 5.11 Å². The quantitative estimate of drug-likeness (QED) is 0.620. The number of benzene rings is 1. The summed E-state index contributed by atoms with van der Waals surface area (Å²) in [5, 5.41) is 6.90. The molecule has 0 amide bonds. The van der Waals surface area contributed by atoms with Gasteiger partial charge >= 0.3 is 0 Å². The van der Waals surface area contributed by atoms with E-state index in [9.17, 15) is 0 Å². The molecule has 21 heavy (non-hydrogen) atoms. The van der Waals surface area contributed by atoms with Crippen LogP contribution in [0.4, 0.5) is 5.82 Å². The van der Waals surface area contributed by atoms with E-state index < -0.39 is 0 Å². The van der Waals surface area contributed by atoms with Gasteiger partial charge < -0.3 is 10.6 Å². The van der Waals surface area contributed by atoms with Gasteiger partial charge in [0.1, 0.15) is 5.82 Å². The number of nitrogens with one attached hydrogen (secondary N) is 2. The van der Waals surface area contributed by atoms with E-state index in [1.807, 2.05) is 25.3 Å². The minimum atomic E-state index is 0.597. The van der Waals surface area contributed by atoms with E-state index in [0.717, 1.165) is 35.2 Å². The summed E-state index contributed by atoms with van der Waals surface area (Å²) in [5.41, 5.74) is 2.45. The van der Waals surface area contributed by atoms with Crippen LogP contribution in [0.2, 0.25) is 0 Å². The second-order valence-electron chi connectivity index (χ2n) is 4.81. The zero-order valence-corrected chi connectivity index (χ0v) is 14.3.